The Morgan fingerprint density at radius 2 is 1.85 bits per heavy atom. The number of ether oxygens (including phenoxy) is 1. The second-order valence-corrected chi connectivity index (χ2v) is 8.67. The number of para-hydroxylation sites is 1. The molecule has 1 atom stereocenters. The molecular formula is C27H23N3O3. The third-order valence-electron chi connectivity index (χ3n) is 6.90. The molecule has 0 saturated carbocycles. The molecule has 2 aliphatic heterocycles. The highest BCUT2D eigenvalue weighted by Gasteiger charge is 2.58. The number of rotatable bonds is 2. The highest BCUT2D eigenvalue weighted by atomic mass is 16.5. The number of amides is 2. The lowest BCUT2D eigenvalue weighted by molar-refractivity contribution is -0.124. The predicted molar refractivity (Wildman–Crippen MR) is 127 cm³/mol. The molecule has 2 aliphatic rings. The van der Waals surface area contributed by atoms with Crippen LogP contribution < -0.4 is 10.1 Å². The van der Waals surface area contributed by atoms with Crippen molar-refractivity contribution in [1.82, 2.24) is 9.88 Å². The molecule has 2 N–H and O–H groups in total. The summed E-state index contributed by atoms with van der Waals surface area (Å²) in [5.74, 6) is 0.375. The van der Waals surface area contributed by atoms with Crippen molar-refractivity contribution in [3.63, 3.8) is 0 Å². The number of aryl methyl sites for hydroxylation is 1. The summed E-state index contributed by atoms with van der Waals surface area (Å²) in [7, 11) is 1.64. The van der Waals surface area contributed by atoms with Gasteiger partial charge in [0, 0.05) is 34.3 Å². The van der Waals surface area contributed by atoms with Gasteiger partial charge in [0.25, 0.3) is 11.8 Å². The zero-order valence-electron chi connectivity index (χ0n) is 18.4. The average molecular weight is 437 g/mol. The first kappa shape index (κ1) is 19.6. The Bertz CT molecular complexity index is 1440. The van der Waals surface area contributed by atoms with E-state index in [0.29, 0.717) is 18.5 Å². The zero-order valence-corrected chi connectivity index (χ0v) is 18.4. The van der Waals surface area contributed by atoms with Gasteiger partial charge >= 0.3 is 0 Å². The minimum absolute atomic E-state index is 0.163. The van der Waals surface area contributed by atoms with Crippen LogP contribution in [0.1, 0.15) is 32.7 Å². The Morgan fingerprint density at radius 1 is 1.06 bits per heavy atom. The smallest absolute Gasteiger partial charge is 0.261 e. The molecule has 6 nitrogen and oxygen atoms in total. The molecule has 164 valence electrons. The van der Waals surface area contributed by atoms with Crippen LogP contribution in [0.25, 0.3) is 10.9 Å². The molecule has 4 aromatic rings. The normalized spacial score (nSPS) is 18.8. The lowest BCUT2D eigenvalue weighted by Gasteiger charge is -2.43. The van der Waals surface area contributed by atoms with Crippen LogP contribution in [-0.2, 0) is 16.8 Å². The lowest BCUT2D eigenvalue weighted by Crippen LogP contribution is -2.57. The summed E-state index contributed by atoms with van der Waals surface area (Å²) in [6.07, 6.45) is 0.636. The predicted octanol–water partition coefficient (Wildman–Crippen LogP) is 4.38. The number of H-pyrrole nitrogens is 1. The fourth-order valence-electron chi connectivity index (χ4n) is 5.31. The fourth-order valence-corrected chi connectivity index (χ4v) is 5.31. The van der Waals surface area contributed by atoms with Crippen molar-refractivity contribution in [3.8, 4) is 5.75 Å². The molecule has 0 bridgehead atoms. The topological polar surface area (TPSA) is 74.4 Å². The van der Waals surface area contributed by atoms with Gasteiger partial charge in [-0.05, 0) is 55.3 Å². The molecule has 33 heavy (non-hydrogen) atoms. The second kappa shape index (κ2) is 6.97. The number of aromatic nitrogens is 1. The fraction of sp³-hybridized carbons (Fsp3) is 0.185. The number of hydrogen-bond donors (Lipinski definition) is 2. The van der Waals surface area contributed by atoms with Crippen molar-refractivity contribution < 1.29 is 14.3 Å². The van der Waals surface area contributed by atoms with E-state index in [9.17, 15) is 9.59 Å². The molecule has 6 heteroatoms. The maximum atomic E-state index is 13.9. The number of hydrogen-bond acceptors (Lipinski definition) is 3. The highest BCUT2D eigenvalue weighted by molar-refractivity contribution is 6.12. The van der Waals surface area contributed by atoms with E-state index in [4.69, 9.17) is 4.74 Å². The molecule has 6 rings (SSSR count). The third kappa shape index (κ3) is 2.61. The van der Waals surface area contributed by atoms with Gasteiger partial charge in [-0.1, -0.05) is 35.9 Å². The van der Waals surface area contributed by atoms with E-state index in [2.05, 4.69) is 10.3 Å². The molecule has 1 aromatic heterocycles. The molecule has 0 fully saturated rings. The first-order valence-electron chi connectivity index (χ1n) is 11.0. The van der Waals surface area contributed by atoms with Gasteiger partial charge in [0.05, 0.1) is 12.8 Å². The van der Waals surface area contributed by atoms with Crippen molar-refractivity contribution in [2.24, 2.45) is 0 Å². The van der Waals surface area contributed by atoms with Gasteiger partial charge in [-0.15, -0.1) is 0 Å². The second-order valence-electron chi connectivity index (χ2n) is 8.67. The molecule has 2 amide bonds. The first-order valence-corrected chi connectivity index (χ1v) is 11.0. The number of nitrogens with zero attached hydrogens (tertiary/aromatic N) is 1. The molecule has 0 aliphatic carbocycles. The standard InChI is InChI=1S/C27H23N3O3/c1-16-7-9-17(10-8-16)25(31)30-14-13-19-20-15-18(33-2)11-12-22(20)28-24(19)27(30)21-5-3-4-6-23(21)29-26(27)32/h3-12,15,28H,13-14H2,1-2H3,(H,29,32)/t27-/m1/s1. The molecular weight excluding hydrogens is 414 g/mol. The Hall–Kier alpha value is -4.06. The Morgan fingerprint density at radius 3 is 2.64 bits per heavy atom. The van der Waals surface area contributed by atoms with Crippen molar-refractivity contribution >= 4 is 28.4 Å². The molecule has 3 aromatic carbocycles. The van der Waals surface area contributed by atoms with Crippen molar-refractivity contribution in [2.45, 2.75) is 18.9 Å². The number of anilines is 1. The zero-order chi connectivity index (χ0) is 22.7. The summed E-state index contributed by atoms with van der Waals surface area (Å²) in [4.78, 5) is 32.9. The van der Waals surface area contributed by atoms with E-state index in [1.807, 2.05) is 73.7 Å². The molecule has 1 spiro atoms. The number of carbonyl (C=O) groups excluding carboxylic acids is 2. The van der Waals surface area contributed by atoms with Crippen LogP contribution in [0.3, 0.4) is 0 Å². The van der Waals surface area contributed by atoms with Crippen LogP contribution in [-0.4, -0.2) is 35.4 Å². The van der Waals surface area contributed by atoms with Crippen molar-refractivity contribution in [1.29, 1.82) is 0 Å². The van der Waals surface area contributed by atoms with Gasteiger partial charge in [0.15, 0.2) is 5.54 Å². The van der Waals surface area contributed by atoms with E-state index < -0.39 is 5.54 Å². The van der Waals surface area contributed by atoms with Gasteiger partial charge < -0.3 is 19.9 Å². The van der Waals surface area contributed by atoms with Crippen LogP contribution >= 0.6 is 0 Å². The summed E-state index contributed by atoms with van der Waals surface area (Å²) >= 11 is 0. The van der Waals surface area contributed by atoms with Crippen LogP contribution in [0.5, 0.6) is 5.75 Å². The summed E-state index contributed by atoms with van der Waals surface area (Å²) in [5, 5.41) is 4.05. The Balaban J connectivity index is 1.63. The molecule has 0 saturated heterocycles. The van der Waals surface area contributed by atoms with Crippen LogP contribution in [0, 0.1) is 6.92 Å². The molecule has 0 unspecified atom stereocenters. The van der Waals surface area contributed by atoms with E-state index >= 15 is 0 Å². The number of methoxy groups -OCH3 is 1. The molecule has 3 heterocycles. The van der Waals surface area contributed by atoms with Crippen LogP contribution in [0.15, 0.2) is 66.7 Å². The first-order chi connectivity index (χ1) is 16.0. The van der Waals surface area contributed by atoms with Crippen molar-refractivity contribution in [3.05, 3.63) is 94.7 Å². The Labute approximate surface area is 191 Å². The summed E-state index contributed by atoms with van der Waals surface area (Å²) in [6.45, 7) is 2.41. The summed E-state index contributed by atoms with van der Waals surface area (Å²) in [6, 6.07) is 21.0. The summed E-state index contributed by atoms with van der Waals surface area (Å²) in [5.41, 5.74) is 4.61. The number of nitrogens with one attached hydrogen (secondary N) is 2. The highest BCUT2D eigenvalue weighted by Crippen LogP contribution is 2.50. The van der Waals surface area contributed by atoms with E-state index in [0.717, 1.165) is 44.7 Å². The van der Waals surface area contributed by atoms with Crippen LogP contribution in [0.2, 0.25) is 0 Å². The number of carbonyl (C=O) groups is 2. The Kier molecular flexibility index (Phi) is 4.14. The van der Waals surface area contributed by atoms with Crippen LogP contribution in [0.4, 0.5) is 5.69 Å². The number of aromatic amines is 1. The largest absolute Gasteiger partial charge is 0.497 e. The minimum Gasteiger partial charge on any atom is -0.497 e. The number of fused-ring (bicyclic) bond motifs is 6. The quantitative estimate of drug-likeness (QED) is 0.489. The van der Waals surface area contributed by atoms with Gasteiger partial charge in [0.1, 0.15) is 5.75 Å². The lowest BCUT2D eigenvalue weighted by atomic mass is 9.79. The SMILES string of the molecule is COc1ccc2[nH]c3c(c2c1)CCN(C(=O)c1ccc(C)cc1)[C@@]31C(=O)Nc2ccccc21. The monoisotopic (exact) mass is 437 g/mol. The number of benzene rings is 3. The van der Waals surface area contributed by atoms with Gasteiger partial charge in [0.2, 0.25) is 0 Å². The van der Waals surface area contributed by atoms with Gasteiger partial charge in [-0.2, -0.15) is 0 Å². The van der Waals surface area contributed by atoms with Crippen molar-refractivity contribution in [2.75, 3.05) is 19.0 Å². The average Bonchev–Trinajstić information content (AvgIpc) is 3.35. The van der Waals surface area contributed by atoms with E-state index in [1.165, 1.54) is 0 Å². The maximum Gasteiger partial charge on any atom is 0.261 e. The maximum absolute atomic E-state index is 13.9. The van der Waals surface area contributed by atoms with Gasteiger partial charge in [-0.3, -0.25) is 9.59 Å². The van der Waals surface area contributed by atoms with E-state index in [-0.39, 0.29) is 11.8 Å². The minimum atomic E-state index is -1.27. The van der Waals surface area contributed by atoms with Gasteiger partial charge in [-0.25, -0.2) is 0 Å². The van der Waals surface area contributed by atoms with E-state index in [1.54, 1.807) is 12.0 Å². The summed E-state index contributed by atoms with van der Waals surface area (Å²) < 4.78 is 5.45. The third-order valence-corrected chi connectivity index (χ3v) is 6.90. The molecule has 0 radical (unpaired) electrons.